The average Bonchev–Trinajstić information content (AvgIpc) is 2.01. The van der Waals surface area contributed by atoms with Gasteiger partial charge in [0, 0.05) is 5.56 Å². The van der Waals surface area contributed by atoms with E-state index in [9.17, 15) is 13.2 Å². The third-order valence-corrected chi connectivity index (χ3v) is 2.00. The second-order valence-corrected chi connectivity index (χ2v) is 3.10. The van der Waals surface area contributed by atoms with E-state index < -0.39 is 11.9 Å². The molecule has 0 aliphatic heterocycles. The van der Waals surface area contributed by atoms with Crippen LogP contribution in [-0.4, -0.2) is 9.97 Å². The number of halogens is 4. The van der Waals surface area contributed by atoms with Gasteiger partial charge in [0.05, 0.1) is 0 Å². The zero-order chi connectivity index (χ0) is 10.9. The van der Waals surface area contributed by atoms with E-state index in [1.54, 1.807) is 6.92 Å². The summed E-state index contributed by atoms with van der Waals surface area (Å²) < 4.78 is 37.3. The van der Waals surface area contributed by atoms with E-state index in [0.717, 1.165) is 0 Å². The summed E-state index contributed by atoms with van der Waals surface area (Å²) >= 11 is 5.59. The lowest BCUT2D eigenvalue weighted by Gasteiger charge is -2.11. The van der Waals surface area contributed by atoms with E-state index in [2.05, 4.69) is 9.97 Å². The van der Waals surface area contributed by atoms with Crippen LogP contribution in [0.3, 0.4) is 0 Å². The van der Waals surface area contributed by atoms with Crippen LogP contribution in [0, 0.1) is 6.92 Å². The van der Waals surface area contributed by atoms with Gasteiger partial charge in [-0.25, -0.2) is 9.97 Å². The third kappa shape index (κ3) is 2.15. The molecule has 14 heavy (non-hydrogen) atoms. The van der Waals surface area contributed by atoms with Gasteiger partial charge in [0.2, 0.25) is 0 Å². The molecule has 0 atom stereocenters. The second-order valence-electron chi connectivity index (χ2n) is 2.74. The molecule has 0 amide bonds. The highest BCUT2D eigenvalue weighted by molar-refractivity contribution is 6.30. The fraction of sp³-hybridized carbons (Fsp3) is 0.500. The van der Waals surface area contributed by atoms with Crippen molar-refractivity contribution in [2.75, 3.05) is 0 Å². The Hall–Kier alpha value is -0.840. The van der Waals surface area contributed by atoms with Gasteiger partial charge in [0.25, 0.3) is 0 Å². The van der Waals surface area contributed by atoms with E-state index in [0.29, 0.717) is 0 Å². The van der Waals surface area contributed by atoms with Crippen molar-refractivity contribution >= 4 is 11.6 Å². The van der Waals surface area contributed by atoms with Crippen molar-refractivity contribution in [3.63, 3.8) is 0 Å². The molecule has 0 saturated heterocycles. The Morgan fingerprint density at radius 3 is 2.29 bits per heavy atom. The molecule has 0 aliphatic carbocycles. The van der Waals surface area contributed by atoms with Gasteiger partial charge in [-0.3, -0.25) is 0 Å². The highest BCUT2D eigenvalue weighted by Gasteiger charge is 2.36. The first-order chi connectivity index (χ1) is 6.36. The predicted octanol–water partition coefficient (Wildman–Crippen LogP) is 3.02. The maximum atomic E-state index is 12.4. The highest BCUT2D eigenvalue weighted by Crippen LogP contribution is 2.33. The van der Waals surface area contributed by atoms with Crippen LogP contribution in [0.1, 0.15) is 24.0 Å². The average molecular weight is 225 g/mol. The Labute approximate surface area is 84.1 Å². The van der Waals surface area contributed by atoms with Crippen molar-refractivity contribution in [2.24, 2.45) is 0 Å². The topological polar surface area (TPSA) is 25.8 Å². The molecule has 78 valence electrons. The van der Waals surface area contributed by atoms with Crippen molar-refractivity contribution in [3.05, 3.63) is 22.2 Å². The molecule has 0 aromatic carbocycles. The van der Waals surface area contributed by atoms with Gasteiger partial charge < -0.3 is 0 Å². The van der Waals surface area contributed by atoms with E-state index in [1.807, 2.05) is 0 Å². The zero-order valence-corrected chi connectivity index (χ0v) is 8.37. The van der Waals surface area contributed by atoms with Crippen molar-refractivity contribution in [3.8, 4) is 0 Å². The molecule has 6 heteroatoms. The largest absolute Gasteiger partial charge is 0.433 e. The van der Waals surface area contributed by atoms with Crippen LogP contribution in [0.15, 0.2) is 0 Å². The lowest BCUT2D eigenvalue weighted by molar-refractivity contribution is -0.142. The molecule has 0 aliphatic rings. The van der Waals surface area contributed by atoms with Crippen LogP contribution in [0.4, 0.5) is 13.2 Å². The lowest BCUT2D eigenvalue weighted by Crippen LogP contribution is -2.14. The Morgan fingerprint density at radius 1 is 1.29 bits per heavy atom. The van der Waals surface area contributed by atoms with Crippen molar-refractivity contribution in [1.82, 2.24) is 9.97 Å². The first kappa shape index (κ1) is 11.2. The summed E-state index contributed by atoms with van der Waals surface area (Å²) in [6.45, 7) is 2.95. The summed E-state index contributed by atoms with van der Waals surface area (Å²) in [5.74, 6) is 0.0273. The van der Waals surface area contributed by atoms with Crippen molar-refractivity contribution < 1.29 is 13.2 Å². The Balaban J connectivity index is 3.40. The fourth-order valence-corrected chi connectivity index (χ4v) is 1.45. The number of hydrogen-bond acceptors (Lipinski definition) is 2. The number of nitrogens with zero attached hydrogens (tertiary/aromatic N) is 2. The van der Waals surface area contributed by atoms with Gasteiger partial charge in [0.1, 0.15) is 11.0 Å². The van der Waals surface area contributed by atoms with Crippen LogP contribution < -0.4 is 0 Å². The third-order valence-electron chi connectivity index (χ3n) is 1.69. The lowest BCUT2D eigenvalue weighted by atomic mass is 10.2. The van der Waals surface area contributed by atoms with E-state index in [-0.39, 0.29) is 23.0 Å². The molecule has 0 unspecified atom stereocenters. The summed E-state index contributed by atoms with van der Waals surface area (Å²) in [4.78, 5) is 7.03. The van der Waals surface area contributed by atoms with Gasteiger partial charge >= 0.3 is 6.18 Å². The number of alkyl halides is 3. The first-order valence-corrected chi connectivity index (χ1v) is 4.34. The molecule has 0 N–H and O–H groups in total. The van der Waals surface area contributed by atoms with E-state index in [4.69, 9.17) is 11.6 Å². The summed E-state index contributed by atoms with van der Waals surface area (Å²) in [6.07, 6.45) is -4.31. The highest BCUT2D eigenvalue weighted by atomic mass is 35.5. The van der Waals surface area contributed by atoms with Crippen LogP contribution in [0.2, 0.25) is 5.15 Å². The smallest absolute Gasteiger partial charge is 0.228 e. The maximum absolute atomic E-state index is 12.4. The molecular formula is C8H8ClF3N2. The molecule has 1 rings (SSSR count). The Kier molecular flexibility index (Phi) is 2.99. The van der Waals surface area contributed by atoms with Gasteiger partial charge in [-0.1, -0.05) is 18.5 Å². The van der Waals surface area contributed by atoms with Gasteiger partial charge in [-0.15, -0.1) is 0 Å². The fourth-order valence-electron chi connectivity index (χ4n) is 1.11. The molecule has 0 spiro atoms. The molecule has 1 aromatic heterocycles. The van der Waals surface area contributed by atoms with Crippen LogP contribution in [0.25, 0.3) is 0 Å². The summed E-state index contributed by atoms with van der Waals surface area (Å²) in [5, 5.41) is -0.118. The standard InChI is InChI=1S/C8H8ClF3N2/c1-3-5-6(8(10,11)12)13-4(2)14-7(5)9/h3H2,1-2H3. The molecule has 0 fully saturated rings. The number of hydrogen-bond donors (Lipinski definition) is 0. The maximum Gasteiger partial charge on any atom is 0.433 e. The predicted molar refractivity (Wildman–Crippen MR) is 46.2 cm³/mol. The van der Waals surface area contributed by atoms with Gasteiger partial charge in [-0.05, 0) is 13.3 Å². The monoisotopic (exact) mass is 224 g/mol. The van der Waals surface area contributed by atoms with Gasteiger partial charge in [-0.2, -0.15) is 13.2 Å². The molecule has 0 bridgehead atoms. The van der Waals surface area contributed by atoms with Crippen molar-refractivity contribution in [2.45, 2.75) is 26.4 Å². The first-order valence-electron chi connectivity index (χ1n) is 3.96. The minimum absolute atomic E-state index is 0.0273. The SMILES string of the molecule is CCc1c(Cl)nc(C)nc1C(F)(F)F. The normalized spacial score (nSPS) is 11.9. The zero-order valence-electron chi connectivity index (χ0n) is 7.61. The van der Waals surface area contributed by atoms with Crippen molar-refractivity contribution in [1.29, 1.82) is 0 Å². The van der Waals surface area contributed by atoms with E-state index in [1.165, 1.54) is 6.92 Å². The summed E-state index contributed by atoms with van der Waals surface area (Å²) in [5.41, 5.74) is -0.984. The summed E-state index contributed by atoms with van der Waals surface area (Å²) in [6, 6.07) is 0. The van der Waals surface area contributed by atoms with Crippen LogP contribution >= 0.6 is 11.6 Å². The van der Waals surface area contributed by atoms with Gasteiger partial charge in [0.15, 0.2) is 5.69 Å². The molecular weight excluding hydrogens is 217 g/mol. The number of aromatic nitrogens is 2. The Morgan fingerprint density at radius 2 is 1.86 bits per heavy atom. The number of rotatable bonds is 1. The Bertz CT molecular complexity index is 349. The molecule has 1 heterocycles. The molecule has 0 saturated carbocycles. The second kappa shape index (κ2) is 3.73. The number of aryl methyl sites for hydroxylation is 1. The van der Waals surface area contributed by atoms with E-state index >= 15 is 0 Å². The van der Waals surface area contributed by atoms with Crippen LogP contribution in [0.5, 0.6) is 0 Å². The van der Waals surface area contributed by atoms with Crippen LogP contribution in [-0.2, 0) is 12.6 Å². The molecule has 2 nitrogen and oxygen atoms in total. The summed E-state index contributed by atoms with van der Waals surface area (Å²) in [7, 11) is 0. The minimum Gasteiger partial charge on any atom is -0.228 e. The minimum atomic E-state index is -4.47. The molecule has 0 radical (unpaired) electrons. The quantitative estimate of drug-likeness (QED) is 0.686. The molecule has 1 aromatic rings.